The third-order valence-electron chi connectivity index (χ3n) is 2.93. The summed E-state index contributed by atoms with van der Waals surface area (Å²) in [5.74, 6) is 0. The van der Waals surface area contributed by atoms with E-state index in [9.17, 15) is 0 Å². The maximum atomic E-state index is 5.49. The van der Waals surface area contributed by atoms with E-state index in [4.69, 9.17) is 14.2 Å². The predicted molar refractivity (Wildman–Crippen MR) is 63.8 cm³/mol. The molecule has 0 radical (unpaired) electrons. The first-order chi connectivity index (χ1) is 7.84. The molecule has 96 valence electrons. The van der Waals surface area contributed by atoms with Gasteiger partial charge in [-0.3, -0.25) is 0 Å². The number of hydrogen-bond donors (Lipinski definition) is 1. The van der Waals surface area contributed by atoms with E-state index in [1.165, 1.54) is 0 Å². The van der Waals surface area contributed by atoms with Crippen LogP contribution in [0.3, 0.4) is 0 Å². The Morgan fingerprint density at radius 3 is 2.81 bits per heavy atom. The van der Waals surface area contributed by atoms with Crippen LogP contribution in [-0.2, 0) is 14.2 Å². The lowest BCUT2D eigenvalue weighted by molar-refractivity contribution is 0.0685. The summed E-state index contributed by atoms with van der Waals surface area (Å²) >= 11 is 0. The van der Waals surface area contributed by atoms with Gasteiger partial charge in [-0.1, -0.05) is 0 Å². The van der Waals surface area contributed by atoms with E-state index in [0.717, 1.165) is 39.0 Å². The Balaban J connectivity index is 1.81. The van der Waals surface area contributed by atoms with Gasteiger partial charge >= 0.3 is 0 Å². The van der Waals surface area contributed by atoms with E-state index in [0.29, 0.717) is 25.4 Å². The van der Waals surface area contributed by atoms with Crippen LogP contribution in [-0.4, -0.2) is 52.2 Å². The Labute approximate surface area is 98.6 Å². The maximum Gasteiger partial charge on any atom is 0.0700 e. The van der Waals surface area contributed by atoms with Crippen molar-refractivity contribution < 1.29 is 14.2 Å². The Morgan fingerprint density at radius 1 is 1.25 bits per heavy atom. The number of methoxy groups -OCH3 is 1. The fraction of sp³-hybridized carbons (Fsp3) is 1.00. The topological polar surface area (TPSA) is 39.7 Å². The molecule has 0 aromatic rings. The fourth-order valence-corrected chi connectivity index (χ4v) is 1.86. The molecule has 16 heavy (non-hydrogen) atoms. The van der Waals surface area contributed by atoms with Gasteiger partial charge < -0.3 is 19.5 Å². The number of unbranched alkanes of at least 4 members (excludes halogenated alkanes) is 1. The molecule has 4 heteroatoms. The summed E-state index contributed by atoms with van der Waals surface area (Å²) in [6.45, 7) is 6.33. The van der Waals surface area contributed by atoms with Crippen LogP contribution in [0.4, 0.5) is 0 Å². The molecule has 1 heterocycles. The SMILES string of the molecule is COCCOCCCCNC1CCOC1C. The number of ether oxygens (including phenoxy) is 3. The highest BCUT2D eigenvalue weighted by molar-refractivity contribution is 4.78. The molecule has 4 nitrogen and oxygen atoms in total. The van der Waals surface area contributed by atoms with Crippen LogP contribution in [0.2, 0.25) is 0 Å². The van der Waals surface area contributed by atoms with E-state index >= 15 is 0 Å². The van der Waals surface area contributed by atoms with Crippen LogP contribution in [0.1, 0.15) is 26.2 Å². The molecule has 0 aromatic heterocycles. The fourth-order valence-electron chi connectivity index (χ4n) is 1.86. The van der Waals surface area contributed by atoms with Gasteiger partial charge in [-0.05, 0) is 32.7 Å². The smallest absolute Gasteiger partial charge is 0.0700 e. The summed E-state index contributed by atoms with van der Waals surface area (Å²) < 4.78 is 15.8. The van der Waals surface area contributed by atoms with E-state index in [2.05, 4.69) is 12.2 Å². The molecular formula is C12H25NO3. The van der Waals surface area contributed by atoms with Crippen LogP contribution in [0.25, 0.3) is 0 Å². The molecule has 2 atom stereocenters. The molecule has 0 saturated carbocycles. The van der Waals surface area contributed by atoms with Gasteiger partial charge in [-0.15, -0.1) is 0 Å². The standard InChI is InChI=1S/C12H25NO3/c1-11-12(5-8-16-11)13-6-3-4-7-15-10-9-14-2/h11-13H,3-10H2,1-2H3. The van der Waals surface area contributed by atoms with Crippen molar-refractivity contribution in [1.82, 2.24) is 5.32 Å². The second-order valence-electron chi connectivity index (χ2n) is 4.24. The Morgan fingerprint density at radius 2 is 2.12 bits per heavy atom. The van der Waals surface area contributed by atoms with Gasteiger partial charge in [0.15, 0.2) is 0 Å². The summed E-state index contributed by atoms with van der Waals surface area (Å²) in [6, 6.07) is 0.550. The first-order valence-electron chi connectivity index (χ1n) is 6.26. The monoisotopic (exact) mass is 231 g/mol. The van der Waals surface area contributed by atoms with Crippen LogP contribution in [0, 0.1) is 0 Å². The van der Waals surface area contributed by atoms with Gasteiger partial charge in [0.25, 0.3) is 0 Å². The average Bonchev–Trinajstić information content (AvgIpc) is 2.68. The third kappa shape index (κ3) is 5.80. The van der Waals surface area contributed by atoms with E-state index < -0.39 is 0 Å². The molecule has 1 rings (SSSR count). The zero-order chi connectivity index (χ0) is 11.6. The Hall–Kier alpha value is -0.160. The lowest BCUT2D eigenvalue weighted by Gasteiger charge is -2.15. The van der Waals surface area contributed by atoms with Crippen molar-refractivity contribution in [2.45, 2.75) is 38.3 Å². The Bertz CT molecular complexity index is 166. The minimum atomic E-state index is 0.373. The highest BCUT2D eigenvalue weighted by Crippen LogP contribution is 2.12. The van der Waals surface area contributed by atoms with Crippen molar-refractivity contribution in [3.05, 3.63) is 0 Å². The van der Waals surface area contributed by atoms with Crippen molar-refractivity contribution >= 4 is 0 Å². The molecule has 0 spiro atoms. The van der Waals surface area contributed by atoms with Crippen LogP contribution < -0.4 is 5.32 Å². The molecule has 0 bridgehead atoms. The average molecular weight is 231 g/mol. The molecule has 1 N–H and O–H groups in total. The van der Waals surface area contributed by atoms with Gasteiger partial charge in [0.1, 0.15) is 0 Å². The third-order valence-corrected chi connectivity index (χ3v) is 2.93. The van der Waals surface area contributed by atoms with Gasteiger partial charge in [0.05, 0.1) is 19.3 Å². The van der Waals surface area contributed by atoms with Gasteiger partial charge in [-0.2, -0.15) is 0 Å². The molecule has 1 fully saturated rings. The molecule has 1 aliphatic heterocycles. The predicted octanol–water partition coefficient (Wildman–Crippen LogP) is 1.20. The number of rotatable bonds is 9. The van der Waals surface area contributed by atoms with Crippen LogP contribution in [0.15, 0.2) is 0 Å². The zero-order valence-electron chi connectivity index (χ0n) is 10.5. The van der Waals surface area contributed by atoms with Crippen molar-refractivity contribution in [2.75, 3.05) is 40.1 Å². The van der Waals surface area contributed by atoms with Crippen molar-refractivity contribution in [3.63, 3.8) is 0 Å². The molecule has 0 aromatic carbocycles. The quantitative estimate of drug-likeness (QED) is 0.605. The van der Waals surface area contributed by atoms with E-state index in [1.807, 2.05) is 0 Å². The number of nitrogens with one attached hydrogen (secondary N) is 1. The Kier molecular flexibility index (Phi) is 7.76. The summed E-state index contributed by atoms with van der Waals surface area (Å²) in [5, 5.41) is 3.53. The first kappa shape index (κ1) is 13.9. The van der Waals surface area contributed by atoms with Crippen LogP contribution in [0.5, 0.6) is 0 Å². The van der Waals surface area contributed by atoms with Crippen molar-refractivity contribution in [3.8, 4) is 0 Å². The second kappa shape index (κ2) is 8.93. The largest absolute Gasteiger partial charge is 0.382 e. The molecular weight excluding hydrogens is 206 g/mol. The molecule has 1 saturated heterocycles. The van der Waals surface area contributed by atoms with E-state index in [-0.39, 0.29) is 0 Å². The van der Waals surface area contributed by atoms with Crippen molar-refractivity contribution in [1.29, 1.82) is 0 Å². The second-order valence-corrected chi connectivity index (χ2v) is 4.24. The van der Waals surface area contributed by atoms with Crippen molar-refractivity contribution in [2.24, 2.45) is 0 Å². The van der Waals surface area contributed by atoms with Gasteiger partial charge in [0.2, 0.25) is 0 Å². The lowest BCUT2D eigenvalue weighted by Crippen LogP contribution is -2.35. The molecule has 0 amide bonds. The highest BCUT2D eigenvalue weighted by atomic mass is 16.5. The van der Waals surface area contributed by atoms with Gasteiger partial charge in [0, 0.05) is 26.4 Å². The van der Waals surface area contributed by atoms with Crippen LogP contribution >= 0.6 is 0 Å². The normalized spacial score (nSPS) is 25.1. The number of hydrogen-bond acceptors (Lipinski definition) is 4. The summed E-state index contributed by atoms with van der Waals surface area (Å²) in [5.41, 5.74) is 0. The maximum absolute atomic E-state index is 5.49. The first-order valence-corrected chi connectivity index (χ1v) is 6.26. The lowest BCUT2D eigenvalue weighted by atomic mass is 10.1. The molecule has 1 aliphatic rings. The minimum absolute atomic E-state index is 0.373. The summed E-state index contributed by atoms with van der Waals surface area (Å²) in [6.07, 6.45) is 3.79. The minimum Gasteiger partial charge on any atom is -0.382 e. The summed E-state index contributed by atoms with van der Waals surface area (Å²) in [7, 11) is 1.69. The van der Waals surface area contributed by atoms with E-state index in [1.54, 1.807) is 7.11 Å². The summed E-state index contributed by atoms with van der Waals surface area (Å²) in [4.78, 5) is 0. The molecule has 2 unspecified atom stereocenters. The van der Waals surface area contributed by atoms with Gasteiger partial charge in [-0.25, -0.2) is 0 Å². The highest BCUT2D eigenvalue weighted by Gasteiger charge is 2.22. The zero-order valence-corrected chi connectivity index (χ0v) is 10.5. The molecule has 0 aliphatic carbocycles.